The summed E-state index contributed by atoms with van der Waals surface area (Å²) in [7, 11) is 3.13. The number of amides is 1. The van der Waals surface area contributed by atoms with E-state index in [-0.39, 0.29) is 12.5 Å². The van der Waals surface area contributed by atoms with Gasteiger partial charge in [-0.25, -0.2) is 0 Å². The van der Waals surface area contributed by atoms with Gasteiger partial charge in [0.1, 0.15) is 11.5 Å². The zero-order valence-corrected chi connectivity index (χ0v) is 17.3. The van der Waals surface area contributed by atoms with Crippen molar-refractivity contribution in [3.05, 3.63) is 95.1 Å². The van der Waals surface area contributed by atoms with E-state index >= 15 is 0 Å². The topological polar surface area (TPSA) is 78.9 Å². The average Bonchev–Trinajstić information content (AvgIpc) is 2.80. The van der Waals surface area contributed by atoms with Crippen LogP contribution in [0.1, 0.15) is 39.0 Å². The van der Waals surface area contributed by atoms with E-state index in [0.717, 1.165) is 5.56 Å². The van der Waals surface area contributed by atoms with Gasteiger partial charge in [0.05, 0.1) is 32.8 Å². The highest BCUT2D eigenvalue weighted by molar-refractivity contribution is 6.00. The molecule has 0 aliphatic carbocycles. The van der Waals surface area contributed by atoms with Gasteiger partial charge in [-0.2, -0.15) is 0 Å². The zero-order chi connectivity index (χ0) is 22.0. The van der Waals surface area contributed by atoms with Gasteiger partial charge in [0.2, 0.25) is 0 Å². The summed E-state index contributed by atoms with van der Waals surface area (Å²) in [5, 5.41) is 12.4. The molecular formula is C25H22NO5-. The molecule has 3 aromatic rings. The predicted octanol–water partition coefficient (Wildman–Crippen LogP) is 2.93. The number of nitrogens with zero attached hydrogens (tertiary/aromatic N) is 1. The van der Waals surface area contributed by atoms with E-state index < -0.39 is 17.9 Å². The fourth-order valence-electron chi connectivity index (χ4n) is 4.21. The Balaban J connectivity index is 1.88. The van der Waals surface area contributed by atoms with Crippen LogP contribution in [0, 0.1) is 0 Å². The van der Waals surface area contributed by atoms with Gasteiger partial charge in [0, 0.05) is 17.0 Å². The van der Waals surface area contributed by atoms with Gasteiger partial charge in [0.15, 0.2) is 0 Å². The maximum absolute atomic E-state index is 13.5. The molecule has 0 N–H and O–H groups in total. The van der Waals surface area contributed by atoms with Crippen LogP contribution >= 0.6 is 0 Å². The Bertz CT molecular complexity index is 1110. The molecule has 158 valence electrons. The summed E-state index contributed by atoms with van der Waals surface area (Å²) >= 11 is 0. The number of para-hydroxylation sites is 1. The van der Waals surface area contributed by atoms with Crippen LogP contribution in [0.3, 0.4) is 0 Å². The minimum Gasteiger partial charge on any atom is -0.549 e. The van der Waals surface area contributed by atoms with Gasteiger partial charge < -0.3 is 24.3 Å². The van der Waals surface area contributed by atoms with E-state index in [4.69, 9.17) is 9.47 Å². The monoisotopic (exact) mass is 416 g/mol. The summed E-state index contributed by atoms with van der Waals surface area (Å²) in [6.45, 7) is 0.192. The molecule has 2 atom stereocenters. The summed E-state index contributed by atoms with van der Waals surface area (Å²) < 4.78 is 10.7. The van der Waals surface area contributed by atoms with Crippen LogP contribution in [0.15, 0.2) is 72.8 Å². The van der Waals surface area contributed by atoms with Crippen LogP contribution in [0.5, 0.6) is 11.5 Å². The molecule has 0 unspecified atom stereocenters. The molecule has 6 heteroatoms. The maximum atomic E-state index is 13.5. The Labute approximate surface area is 180 Å². The molecule has 0 saturated carbocycles. The quantitative estimate of drug-likeness (QED) is 0.617. The highest BCUT2D eigenvalue weighted by atomic mass is 16.5. The first-order chi connectivity index (χ1) is 15.0. The molecule has 3 aromatic carbocycles. The van der Waals surface area contributed by atoms with E-state index in [1.165, 1.54) is 0 Å². The molecule has 0 fully saturated rings. The summed E-state index contributed by atoms with van der Waals surface area (Å²) in [4.78, 5) is 27.5. The normalized spacial score (nSPS) is 17.7. The summed E-state index contributed by atoms with van der Waals surface area (Å²) in [6.07, 6.45) is 0. The van der Waals surface area contributed by atoms with Gasteiger partial charge in [0.25, 0.3) is 5.91 Å². The third-order valence-electron chi connectivity index (χ3n) is 5.68. The van der Waals surface area contributed by atoms with Crippen molar-refractivity contribution in [2.75, 3.05) is 14.2 Å². The average molecular weight is 416 g/mol. The number of carbonyl (C=O) groups is 2. The molecule has 1 heterocycles. The van der Waals surface area contributed by atoms with Crippen LogP contribution in [-0.2, 0) is 11.3 Å². The number of ether oxygens (including phenoxy) is 2. The fourth-order valence-corrected chi connectivity index (χ4v) is 4.21. The van der Waals surface area contributed by atoms with Gasteiger partial charge in [-0.3, -0.25) is 4.79 Å². The summed E-state index contributed by atoms with van der Waals surface area (Å²) in [5.41, 5.74) is 2.31. The third kappa shape index (κ3) is 3.72. The number of carboxylic acids is 1. The Hall–Kier alpha value is -3.80. The molecule has 6 nitrogen and oxygen atoms in total. The standard InChI is InChI=1S/C25H23NO5/c1-30-18-13-11-16(12-14-18)23-22(25(28)29)19-8-4-5-9-20(19)24(27)26(23)15-17-7-3-6-10-21(17)31-2/h3-14,22-23H,15H2,1-2H3,(H,28,29)/p-1/t22-,23-/m0/s1. The molecule has 1 aliphatic heterocycles. The maximum Gasteiger partial charge on any atom is 0.255 e. The van der Waals surface area contributed by atoms with E-state index in [0.29, 0.717) is 28.2 Å². The molecule has 0 aromatic heterocycles. The van der Waals surface area contributed by atoms with Crippen molar-refractivity contribution in [2.45, 2.75) is 18.5 Å². The Morgan fingerprint density at radius 3 is 2.29 bits per heavy atom. The second kappa shape index (κ2) is 8.52. The van der Waals surface area contributed by atoms with Gasteiger partial charge in [-0.15, -0.1) is 0 Å². The molecular weight excluding hydrogens is 394 g/mol. The van der Waals surface area contributed by atoms with Crippen molar-refractivity contribution in [2.24, 2.45) is 0 Å². The number of methoxy groups -OCH3 is 2. The largest absolute Gasteiger partial charge is 0.549 e. The summed E-state index contributed by atoms with van der Waals surface area (Å²) in [5.74, 6) is -1.21. The molecule has 31 heavy (non-hydrogen) atoms. The number of benzene rings is 3. The number of carbonyl (C=O) groups excluding carboxylic acids is 2. The minimum atomic E-state index is -1.23. The third-order valence-corrected chi connectivity index (χ3v) is 5.68. The van der Waals surface area contributed by atoms with E-state index in [9.17, 15) is 14.7 Å². The number of carboxylic acid groups (broad SMARTS) is 1. The highest BCUT2D eigenvalue weighted by Gasteiger charge is 2.41. The fraction of sp³-hybridized carbons (Fsp3) is 0.200. The SMILES string of the molecule is COc1ccc([C@H]2[C@@H](C(=O)[O-])c3ccccc3C(=O)N2Cc2ccccc2OC)cc1. The van der Waals surface area contributed by atoms with Crippen LogP contribution in [0.25, 0.3) is 0 Å². The lowest BCUT2D eigenvalue weighted by atomic mass is 9.79. The first-order valence-corrected chi connectivity index (χ1v) is 9.91. The van der Waals surface area contributed by atoms with E-state index in [1.807, 2.05) is 24.3 Å². The van der Waals surface area contributed by atoms with E-state index in [2.05, 4.69) is 0 Å². The van der Waals surface area contributed by atoms with Gasteiger partial charge in [-0.1, -0.05) is 48.5 Å². The Morgan fingerprint density at radius 2 is 1.61 bits per heavy atom. The number of fused-ring (bicyclic) bond motifs is 1. The molecule has 1 aliphatic rings. The number of aliphatic carboxylic acids is 1. The molecule has 4 rings (SSSR count). The van der Waals surface area contributed by atoms with Crippen molar-refractivity contribution >= 4 is 11.9 Å². The van der Waals surface area contributed by atoms with Crippen molar-refractivity contribution in [1.29, 1.82) is 0 Å². The number of hydrogen-bond acceptors (Lipinski definition) is 5. The molecule has 0 saturated heterocycles. The first kappa shape index (κ1) is 20.5. The number of rotatable bonds is 6. The first-order valence-electron chi connectivity index (χ1n) is 9.91. The van der Waals surface area contributed by atoms with Crippen LogP contribution < -0.4 is 14.6 Å². The molecule has 0 spiro atoms. The zero-order valence-electron chi connectivity index (χ0n) is 17.3. The van der Waals surface area contributed by atoms with Crippen LogP contribution in [-0.4, -0.2) is 31.0 Å². The minimum absolute atomic E-state index is 0.192. The molecule has 0 bridgehead atoms. The Morgan fingerprint density at radius 1 is 0.935 bits per heavy atom. The van der Waals surface area contributed by atoms with Crippen molar-refractivity contribution in [3.8, 4) is 11.5 Å². The number of hydrogen-bond donors (Lipinski definition) is 0. The van der Waals surface area contributed by atoms with Crippen molar-refractivity contribution < 1.29 is 24.2 Å². The smallest absolute Gasteiger partial charge is 0.255 e. The van der Waals surface area contributed by atoms with Crippen molar-refractivity contribution in [3.63, 3.8) is 0 Å². The van der Waals surface area contributed by atoms with E-state index in [1.54, 1.807) is 67.7 Å². The van der Waals surface area contributed by atoms with Gasteiger partial charge in [-0.05, 0) is 35.4 Å². The highest BCUT2D eigenvalue weighted by Crippen LogP contribution is 2.44. The second-order valence-corrected chi connectivity index (χ2v) is 7.35. The van der Waals surface area contributed by atoms with Gasteiger partial charge >= 0.3 is 0 Å². The lowest BCUT2D eigenvalue weighted by Gasteiger charge is -2.43. The Kier molecular flexibility index (Phi) is 5.62. The predicted molar refractivity (Wildman–Crippen MR) is 113 cm³/mol. The van der Waals surface area contributed by atoms with Crippen LogP contribution in [0.2, 0.25) is 0 Å². The molecule has 1 amide bonds. The summed E-state index contributed by atoms with van der Waals surface area (Å²) in [6, 6.07) is 20.6. The lowest BCUT2D eigenvalue weighted by Crippen LogP contribution is -2.47. The molecule has 0 radical (unpaired) electrons. The second-order valence-electron chi connectivity index (χ2n) is 7.35. The lowest BCUT2D eigenvalue weighted by molar-refractivity contribution is -0.309. The van der Waals surface area contributed by atoms with Crippen LogP contribution in [0.4, 0.5) is 0 Å². The van der Waals surface area contributed by atoms with Crippen molar-refractivity contribution in [1.82, 2.24) is 4.90 Å².